The average molecular weight is 849 g/mol. The van der Waals surface area contributed by atoms with E-state index >= 15 is 0 Å². The maximum Gasteiger partial charge on any atom is 0.471 e. The molecule has 0 unspecified atom stereocenters. The molecular formula is C51H87F3N2O4. The maximum absolute atomic E-state index is 13.7. The summed E-state index contributed by atoms with van der Waals surface area (Å²) in [5, 5.41) is 1.99. The average Bonchev–Trinajstić information content (AvgIpc) is 3.62. The molecule has 1 N–H and O–H groups in total. The molecule has 346 valence electrons. The van der Waals surface area contributed by atoms with Crippen LogP contribution in [-0.2, 0) is 14.3 Å². The van der Waals surface area contributed by atoms with Crippen LogP contribution in [0.5, 0.6) is 0 Å². The first-order valence-corrected chi connectivity index (χ1v) is 24.3. The van der Waals surface area contributed by atoms with E-state index in [9.17, 15) is 27.6 Å². The predicted octanol–water partition coefficient (Wildman–Crippen LogP) is 15.4. The lowest BCUT2D eigenvalue weighted by Crippen LogP contribution is -2.46. The predicted molar refractivity (Wildman–Crippen MR) is 245 cm³/mol. The van der Waals surface area contributed by atoms with Gasteiger partial charge in [-0.2, -0.15) is 13.2 Å². The summed E-state index contributed by atoms with van der Waals surface area (Å²) in [6, 6.07) is -1.91. The van der Waals surface area contributed by atoms with Crippen molar-refractivity contribution in [2.45, 2.75) is 245 Å². The summed E-state index contributed by atoms with van der Waals surface area (Å²) in [6.07, 6.45) is 44.3. The molecule has 9 heteroatoms. The van der Waals surface area contributed by atoms with E-state index in [2.05, 4.69) is 62.5 Å². The van der Waals surface area contributed by atoms with Crippen molar-refractivity contribution in [3.05, 3.63) is 48.6 Å². The number of alkyl halides is 3. The molecule has 0 aliphatic carbocycles. The second-order valence-electron chi connectivity index (χ2n) is 18.2. The van der Waals surface area contributed by atoms with Crippen LogP contribution in [-0.4, -0.2) is 53.1 Å². The number of nitrogens with one attached hydrogen (secondary N) is 1. The third kappa shape index (κ3) is 30.2. The summed E-state index contributed by atoms with van der Waals surface area (Å²) < 4.78 is 44.7. The van der Waals surface area contributed by atoms with Crippen LogP contribution in [0.3, 0.4) is 0 Å². The standard InChI is InChI=1S/C51H87F3N2O4/c1-6-8-10-12-14-16-18-20-22-24-26-28-30-32-34-36-38-44(39-37-35-33-31-29-27-25-23-21-19-17-15-13-11-9-7-2)40-41-47(57)46-42-45(55-48(58)51(52,53)54)43-56(46)49(59)60-50(3,4)5/h14-17,20-23,44-46H,6-13,18-19,24-43H2,1-5H3,(H,55,58)/b16-14-,17-15-,22-20-,23-21-/t45-,46-/m0/s1. The van der Waals surface area contributed by atoms with Crippen LogP contribution in [0.2, 0.25) is 0 Å². The molecular weight excluding hydrogens is 762 g/mol. The van der Waals surface area contributed by atoms with Gasteiger partial charge in [0.1, 0.15) is 5.60 Å². The van der Waals surface area contributed by atoms with E-state index in [1.54, 1.807) is 20.8 Å². The number of rotatable bonds is 35. The largest absolute Gasteiger partial charge is 0.471 e. The number of nitrogens with zero attached hydrogens (tertiary/aromatic N) is 1. The van der Waals surface area contributed by atoms with Gasteiger partial charge in [-0.25, -0.2) is 4.79 Å². The van der Waals surface area contributed by atoms with Crippen molar-refractivity contribution in [3.8, 4) is 0 Å². The fourth-order valence-corrected chi connectivity index (χ4v) is 7.82. The van der Waals surface area contributed by atoms with Crippen LogP contribution in [0.4, 0.5) is 18.0 Å². The third-order valence-corrected chi connectivity index (χ3v) is 11.3. The summed E-state index contributed by atoms with van der Waals surface area (Å²) in [7, 11) is 0. The number of carbonyl (C=O) groups excluding carboxylic acids is 3. The summed E-state index contributed by atoms with van der Waals surface area (Å²) >= 11 is 0. The lowest BCUT2D eigenvalue weighted by Gasteiger charge is -2.28. The van der Waals surface area contributed by atoms with Gasteiger partial charge in [-0.3, -0.25) is 14.5 Å². The maximum atomic E-state index is 13.7. The highest BCUT2D eigenvalue weighted by molar-refractivity contribution is 5.89. The molecule has 6 nitrogen and oxygen atoms in total. The molecule has 1 fully saturated rings. The Hall–Kier alpha value is -2.84. The third-order valence-electron chi connectivity index (χ3n) is 11.3. The molecule has 1 aliphatic rings. The van der Waals surface area contributed by atoms with E-state index in [4.69, 9.17) is 4.74 Å². The zero-order valence-corrected chi connectivity index (χ0v) is 38.8. The topological polar surface area (TPSA) is 75.7 Å². The number of amides is 2. The normalized spacial score (nSPS) is 16.4. The van der Waals surface area contributed by atoms with E-state index in [1.165, 1.54) is 120 Å². The molecule has 0 saturated carbocycles. The molecule has 0 aromatic carbocycles. The molecule has 1 aliphatic heterocycles. The van der Waals surface area contributed by atoms with Crippen molar-refractivity contribution in [1.29, 1.82) is 0 Å². The first-order chi connectivity index (χ1) is 28.8. The minimum absolute atomic E-state index is 0.0531. The van der Waals surface area contributed by atoms with Gasteiger partial charge in [-0.1, -0.05) is 165 Å². The number of Topliss-reactive ketones (excluding diaryl/α,β-unsaturated/α-hetero) is 1. The number of ketones is 1. The Morgan fingerprint density at radius 1 is 0.617 bits per heavy atom. The highest BCUT2D eigenvalue weighted by Gasteiger charge is 2.45. The van der Waals surface area contributed by atoms with Crippen molar-refractivity contribution < 1.29 is 32.3 Å². The second kappa shape index (κ2) is 34.7. The zero-order valence-electron chi connectivity index (χ0n) is 38.8. The molecule has 0 aromatic rings. The van der Waals surface area contributed by atoms with E-state index < -0.39 is 35.9 Å². The molecule has 0 aromatic heterocycles. The van der Waals surface area contributed by atoms with Gasteiger partial charge in [0.05, 0.1) is 6.04 Å². The van der Waals surface area contributed by atoms with E-state index in [-0.39, 0.29) is 25.2 Å². The van der Waals surface area contributed by atoms with Gasteiger partial charge in [-0.05, 0) is 104 Å². The van der Waals surface area contributed by atoms with Crippen molar-refractivity contribution >= 4 is 17.8 Å². The number of hydrogen-bond donors (Lipinski definition) is 1. The Morgan fingerprint density at radius 2 is 1.03 bits per heavy atom. The number of carbonyl (C=O) groups is 3. The molecule has 2 atom stereocenters. The summed E-state index contributed by atoms with van der Waals surface area (Å²) in [5.41, 5.74) is -0.841. The van der Waals surface area contributed by atoms with Crippen LogP contribution < -0.4 is 5.32 Å². The van der Waals surface area contributed by atoms with Crippen molar-refractivity contribution in [2.24, 2.45) is 5.92 Å². The summed E-state index contributed by atoms with van der Waals surface area (Å²) in [5.74, 6) is -1.86. The van der Waals surface area contributed by atoms with Gasteiger partial charge in [0.25, 0.3) is 0 Å². The number of hydrogen-bond acceptors (Lipinski definition) is 4. The molecule has 60 heavy (non-hydrogen) atoms. The number of likely N-dealkylation sites (tertiary alicyclic amines) is 1. The van der Waals surface area contributed by atoms with E-state index in [0.717, 1.165) is 51.4 Å². The van der Waals surface area contributed by atoms with E-state index in [0.29, 0.717) is 12.3 Å². The van der Waals surface area contributed by atoms with Gasteiger partial charge >= 0.3 is 18.2 Å². The first-order valence-electron chi connectivity index (χ1n) is 24.3. The van der Waals surface area contributed by atoms with Crippen LogP contribution in [0.25, 0.3) is 0 Å². The Balaban J connectivity index is 2.61. The fourth-order valence-electron chi connectivity index (χ4n) is 7.82. The molecule has 2 amide bonds. The minimum atomic E-state index is -5.05. The van der Waals surface area contributed by atoms with Crippen molar-refractivity contribution in [2.75, 3.05) is 6.54 Å². The quantitative estimate of drug-likeness (QED) is 0.0509. The molecule has 0 radical (unpaired) electrons. The molecule has 1 saturated heterocycles. The fraction of sp³-hybridized carbons (Fsp3) is 0.784. The van der Waals surface area contributed by atoms with Gasteiger partial charge in [0.15, 0.2) is 5.78 Å². The highest BCUT2D eigenvalue weighted by Crippen LogP contribution is 2.28. The second-order valence-corrected chi connectivity index (χ2v) is 18.2. The number of ether oxygens (including phenoxy) is 1. The number of unbranched alkanes of at least 4 members (excludes halogenated alkanes) is 18. The minimum Gasteiger partial charge on any atom is -0.444 e. The summed E-state index contributed by atoms with van der Waals surface area (Å²) in [6.45, 7) is 9.38. The van der Waals surface area contributed by atoms with Crippen LogP contribution in [0.15, 0.2) is 48.6 Å². The molecule has 0 spiro atoms. The number of allylic oxidation sites excluding steroid dienone is 8. The lowest BCUT2D eigenvalue weighted by atomic mass is 9.88. The Labute approximate surface area is 365 Å². The van der Waals surface area contributed by atoms with Gasteiger partial charge in [0.2, 0.25) is 0 Å². The van der Waals surface area contributed by atoms with Gasteiger partial charge < -0.3 is 10.1 Å². The summed E-state index contributed by atoms with van der Waals surface area (Å²) in [4.78, 5) is 39.8. The van der Waals surface area contributed by atoms with Crippen LogP contribution in [0.1, 0.15) is 221 Å². The first kappa shape index (κ1) is 55.2. The highest BCUT2D eigenvalue weighted by atomic mass is 19.4. The smallest absolute Gasteiger partial charge is 0.444 e. The Kier molecular flexibility index (Phi) is 31.9. The van der Waals surface area contributed by atoms with Gasteiger partial charge in [-0.15, -0.1) is 0 Å². The number of halogens is 3. The van der Waals surface area contributed by atoms with E-state index in [1.807, 2.05) is 5.32 Å². The molecule has 1 heterocycles. The monoisotopic (exact) mass is 849 g/mol. The Morgan fingerprint density at radius 3 is 1.45 bits per heavy atom. The van der Waals surface area contributed by atoms with Crippen molar-refractivity contribution in [3.63, 3.8) is 0 Å². The Bertz CT molecular complexity index is 1190. The molecule has 1 rings (SSSR count). The van der Waals surface area contributed by atoms with Crippen molar-refractivity contribution in [1.82, 2.24) is 10.2 Å². The zero-order chi connectivity index (χ0) is 44.3. The molecule has 0 bridgehead atoms. The van der Waals surface area contributed by atoms with Crippen LogP contribution >= 0.6 is 0 Å². The van der Waals surface area contributed by atoms with Gasteiger partial charge in [0, 0.05) is 19.0 Å². The van der Waals surface area contributed by atoms with Crippen LogP contribution in [0, 0.1) is 5.92 Å². The SMILES string of the molecule is CCCCC/C=C\C/C=C\CCCCCCCCC(CCCCCCCC/C=C\C/C=C\CCCCC)CCC(=O)[C@@H]1C[C@H](NC(=O)C(F)(F)F)CN1C(=O)OC(C)(C)C. The lowest BCUT2D eigenvalue weighted by molar-refractivity contribution is -0.174.